The highest BCUT2D eigenvalue weighted by Gasteiger charge is 2.33. The molecule has 0 aromatic carbocycles. The van der Waals surface area contributed by atoms with E-state index in [0.29, 0.717) is 6.54 Å². The first-order valence-corrected chi connectivity index (χ1v) is 6.47. The highest BCUT2D eigenvalue weighted by atomic mass is 19.4. The van der Waals surface area contributed by atoms with Crippen LogP contribution in [0.25, 0.3) is 0 Å². The van der Waals surface area contributed by atoms with Gasteiger partial charge in [0, 0.05) is 12.7 Å². The Kier molecular flexibility index (Phi) is 3.99. The van der Waals surface area contributed by atoms with E-state index in [1.54, 1.807) is 0 Å². The minimum atomic E-state index is -4.35. The first-order chi connectivity index (χ1) is 8.95. The van der Waals surface area contributed by atoms with Crippen LogP contribution in [0.1, 0.15) is 37.7 Å². The fourth-order valence-corrected chi connectivity index (χ4v) is 2.56. The summed E-state index contributed by atoms with van der Waals surface area (Å²) in [5.74, 6) is 0.252. The van der Waals surface area contributed by atoms with Gasteiger partial charge in [0.2, 0.25) is 0 Å². The van der Waals surface area contributed by atoms with Gasteiger partial charge in [-0.15, -0.1) is 0 Å². The number of pyridine rings is 1. The Balaban J connectivity index is 2.18. The molecule has 0 unspecified atom stereocenters. The van der Waals surface area contributed by atoms with Gasteiger partial charge in [0.25, 0.3) is 0 Å². The van der Waals surface area contributed by atoms with Crippen LogP contribution in [0, 0.1) is 0 Å². The van der Waals surface area contributed by atoms with E-state index < -0.39 is 11.7 Å². The molecule has 0 aliphatic heterocycles. The molecule has 1 aliphatic carbocycles. The van der Waals surface area contributed by atoms with Crippen molar-refractivity contribution in [3.8, 4) is 0 Å². The Labute approximate surface area is 110 Å². The number of halogens is 3. The topological polar surface area (TPSA) is 50.9 Å². The fourth-order valence-electron chi connectivity index (χ4n) is 2.56. The quantitative estimate of drug-likeness (QED) is 0.889. The molecular formula is C13H18F3N3. The van der Waals surface area contributed by atoms with Crippen molar-refractivity contribution in [1.29, 1.82) is 0 Å². The third-order valence-electron chi connectivity index (χ3n) is 3.68. The van der Waals surface area contributed by atoms with Crippen molar-refractivity contribution < 1.29 is 13.2 Å². The Hall–Kier alpha value is -1.30. The van der Waals surface area contributed by atoms with Crippen molar-refractivity contribution in [3.05, 3.63) is 23.9 Å². The van der Waals surface area contributed by atoms with Crippen LogP contribution in [0.3, 0.4) is 0 Å². The number of rotatable bonds is 3. The van der Waals surface area contributed by atoms with Crippen LogP contribution >= 0.6 is 0 Å². The fraction of sp³-hybridized carbons (Fsp3) is 0.615. The zero-order chi connectivity index (χ0) is 13.9. The van der Waals surface area contributed by atoms with Gasteiger partial charge in [-0.1, -0.05) is 19.3 Å². The molecule has 0 bridgehead atoms. The minimum absolute atomic E-state index is 0.252. The van der Waals surface area contributed by atoms with Crippen LogP contribution in [0.15, 0.2) is 18.3 Å². The van der Waals surface area contributed by atoms with E-state index >= 15 is 0 Å². The number of nitrogens with one attached hydrogen (secondary N) is 1. The summed E-state index contributed by atoms with van der Waals surface area (Å²) in [5, 5.41) is 3.12. The molecule has 0 radical (unpaired) electrons. The van der Waals surface area contributed by atoms with Crippen molar-refractivity contribution in [2.24, 2.45) is 5.73 Å². The van der Waals surface area contributed by atoms with Crippen LogP contribution < -0.4 is 11.1 Å². The first-order valence-electron chi connectivity index (χ1n) is 6.47. The van der Waals surface area contributed by atoms with Gasteiger partial charge in [-0.25, -0.2) is 4.98 Å². The third-order valence-corrected chi connectivity index (χ3v) is 3.68. The lowest BCUT2D eigenvalue weighted by molar-refractivity contribution is -0.137. The molecule has 0 atom stereocenters. The number of anilines is 1. The third kappa shape index (κ3) is 3.37. The van der Waals surface area contributed by atoms with E-state index in [0.717, 1.165) is 44.2 Å². The molecule has 106 valence electrons. The predicted molar refractivity (Wildman–Crippen MR) is 67.7 cm³/mol. The predicted octanol–water partition coefficient (Wildman–Crippen LogP) is 3.17. The molecule has 1 aromatic rings. The number of hydrogen-bond acceptors (Lipinski definition) is 3. The minimum Gasteiger partial charge on any atom is -0.363 e. The summed E-state index contributed by atoms with van der Waals surface area (Å²) in [6.45, 7) is 0.408. The maximum Gasteiger partial charge on any atom is 0.416 e. The van der Waals surface area contributed by atoms with E-state index in [9.17, 15) is 13.2 Å². The van der Waals surface area contributed by atoms with Crippen LogP contribution in [0.2, 0.25) is 0 Å². The van der Waals surface area contributed by atoms with Crippen molar-refractivity contribution in [2.45, 2.75) is 43.8 Å². The van der Waals surface area contributed by atoms with Gasteiger partial charge in [-0.3, -0.25) is 0 Å². The molecule has 1 heterocycles. The van der Waals surface area contributed by atoms with E-state index in [-0.39, 0.29) is 11.4 Å². The maximum absolute atomic E-state index is 12.6. The lowest BCUT2D eigenvalue weighted by Crippen LogP contribution is -2.47. The summed E-state index contributed by atoms with van der Waals surface area (Å²) < 4.78 is 37.9. The second kappa shape index (κ2) is 5.36. The van der Waals surface area contributed by atoms with Crippen molar-refractivity contribution >= 4 is 5.82 Å². The largest absolute Gasteiger partial charge is 0.416 e. The molecule has 1 saturated carbocycles. The molecular weight excluding hydrogens is 255 g/mol. The summed E-state index contributed by atoms with van der Waals surface area (Å²) in [5.41, 5.74) is 4.80. The first kappa shape index (κ1) is 14.1. The number of nitrogens with zero attached hydrogens (tertiary/aromatic N) is 1. The smallest absolute Gasteiger partial charge is 0.363 e. The number of aromatic nitrogens is 1. The number of hydrogen-bond donors (Lipinski definition) is 2. The zero-order valence-corrected chi connectivity index (χ0v) is 10.6. The number of alkyl halides is 3. The molecule has 1 aromatic heterocycles. The van der Waals surface area contributed by atoms with Gasteiger partial charge >= 0.3 is 6.18 Å². The van der Waals surface area contributed by atoms with Crippen LogP contribution in [0.4, 0.5) is 19.0 Å². The SMILES string of the molecule is NCC1(Nc2cc(C(F)(F)F)ccn2)CCCCC1. The van der Waals surface area contributed by atoms with Crippen LogP contribution in [-0.4, -0.2) is 17.1 Å². The maximum atomic E-state index is 12.6. The van der Waals surface area contributed by atoms with Gasteiger partial charge in [0.15, 0.2) is 0 Å². The van der Waals surface area contributed by atoms with E-state index in [2.05, 4.69) is 10.3 Å². The lowest BCUT2D eigenvalue weighted by atomic mass is 9.81. The molecule has 3 nitrogen and oxygen atoms in total. The standard InChI is InChI=1S/C13H18F3N3/c14-13(15,16)10-4-7-18-11(8-10)19-12(9-17)5-2-1-3-6-12/h4,7-8H,1-3,5-6,9,17H2,(H,18,19). The molecule has 0 saturated heterocycles. The van der Waals surface area contributed by atoms with Gasteiger partial charge in [-0.05, 0) is 25.0 Å². The van der Waals surface area contributed by atoms with Gasteiger partial charge < -0.3 is 11.1 Å². The summed E-state index contributed by atoms with van der Waals surface area (Å²) in [4.78, 5) is 3.97. The summed E-state index contributed by atoms with van der Waals surface area (Å²) >= 11 is 0. The lowest BCUT2D eigenvalue weighted by Gasteiger charge is -2.37. The van der Waals surface area contributed by atoms with E-state index in [1.165, 1.54) is 6.20 Å². The highest BCUT2D eigenvalue weighted by molar-refractivity contribution is 5.41. The van der Waals surface area contributed by atoms with Gasteiger partial charge in [0.05, 0.1) is 11.1 Å². The van der Waals surface area contributed by atoms with Crippen molar-refractivity contribution in [2.75, 3.05) is 11.9 Å². The molecule has 2 rings (SSSR count). The Morgan fingerprint density at radius 1 is 1.26 bits per heavy atom. The average molecular weight is 273 g/mol. The molecule has 3 N–H and O–H groups in total. The Morgan fingerprint density at radius 2 is 1.95 bits per heavy atom. The molecule has 6 heteroatoms. The summed E-state index contributed by atoms with van der Waals surface area (Å²) in [6, 6.07) is 2.02. The normalized spacial score (nSPS) is 19.2. The summed E-state index contributed by atoms with van der Waals surface area (Å²) in [6.07, 6.45) is 1.83. The second-order valence-corrected chi connectivity index (χ2v) is 5.10. The number of nitrogens with two attached hydrogens (primary N) is 1. The average Bonchev–Trinajstić information content (AvgIpc) is 2.39. The molecule has 1 aliphatic rings. The van der Waals surface area contributed by atoms with Gasteiger partial charge in [-0.2, -0.15) is 13.2 Å². The van der Waals surface area contributed by atoms with Gasteiger partial charge in [0.1, 0.15) is 5.82 Å². The second-order valence-electron chi connectivity index (χ2n) is 5.10. The molecule has 19 heavy (non-hydrogen) atoms. The summed E-state index contributed by atoms with van der Waals surface area (Å²) in [7, 11) is 0. The van der Waals surface area contributed by atoms with E-state index in [1.807, 2.05) is 0 Å². The highest BCUT2D eigenvalue weighted by Crippen LogP contribution is 2.33. The van der Waals surface area contributed by atoms with Crippen LogP contribution in [0.5, 0.6) is 0 Å². The molecule has 0 spiro atoms. The molecule has 0 amide bonds. The molecule has 1 fully saturated rings. The zero-order valence-electron chi connectivity index (χ0n) is 10.6. The Bertz CT molecular complexity index is 425. The Morgan fingerprint density at radius 3 is 2.53 bits per heavy atom. The van der Waals surface area contributed by atoms with Crippen molar-refractivity contribution in [3.63, 3.8) is 0 Å². The van der Waals surface area contributed by atoms with Crippen LogP contribution in [-0.2, 0) is 6.18 Å². The monoisotopic (exact) mass is 273 g/mol. The van der Waals surface area contributed by atoms with Crippen molar-refractivity contribution in [1.82, 2.24) is 4.98 Å². The van der Waals surface area contributed by atoms with E-state index in [4.69, 9.17) is 5.73 Å².